The quantitative estimate of drug-likeness (QED) is 0.899. The monoisotopic (exact) mass is 262 g/mol. The number of nitrogens with one attached hydrogen (secondary N) is 1. The smallest absolute Gasteiger partial charge is 0.0641 e. The Labute approximate surface area is 116 Å². The molecule has 1 aromatic heterocycles. The zero-order valence-electron chi connectivity index (χ0n) is 12.4. The lowest BCUT2D eigenvalue weighted by Crippen LogP contribution is -2.41. The fourth-order valence-electron chi connectivity index (χ4n) is 3.48. The molecule has 106 valence electrons. The summed E-state index contributed by atoms with van der Waals surface area (Å²) in [4.78, 5) is 2.52. The Kier molecular flexibility index (Phi) is 3.63. The largest absolute Gasteiger partial charge is 0.314 e. The molecule has 2 unspecified atom stereocenters. The van der Waals surface area contributed by atoms with Crippen LogP contribution in [0.25, 0.3) is 0 Å². The zero-order valence-corrected chi connectivity index (χ0v) is 12.4. The second kappa shape index (κ2) is 5.25. The van der Waals surface area contributed by atoms with Crippen molar-refractivity contribution in [3.05, 3.63) is 17.5 Å². The van der Waals surface area contributed by atoms with Crippen molar-refractivity contribution in [3.8, 4) is 0 Å². The van der Waals surface area contributed by atoms with Crippen molar-refractivity contribution >= 4 is 0 Å². The maximum atomic E-state index is 4.53. The van der Waals surface area contributed by atoms with E-state index in [1.165, 1.54) is 43.5 Å². The highest BCUT2D eigenvalue weighted by Crippen LogP contribution is 2.36. The van der Waals surface area contributed by atoms with Crippen LogP contribution in [0.1, 0.15) is 43.0 Å². The summed E-state index contributed by atoms with van der Waals surface area (Å²) >= 11 is 0. The van der Waals surface area contributed by atoms with E-state index in [0.717, 1.165) is 18.5 Å². The van der Waals surface area contributed by atoms with E-state index in [1.807, 2.05) is 11.7 Å². The van der Waals surface area contributed by atoms with Crippen LogP contribution in [0.15, 0.2) is 6.20 Å². The molecule has 4 heteroatoms. The summed E-state index contributed by atoms with van der Waals surface area (Å²) in [5, 5.41) is 8.25. The Morgan fingerprint density at radius 1 is 1.32 bits per heavy atom. The number of likely N-dealkylation sites (tertiary alicyclic amines) is 1. The second-order valence-electron chi connectivity index (χ2n) is 6.35. The van der Waals surface area contributed by atoms with Crippen molar-refractivity contribution in [1.29, 1.82) is 0 Å². The minimum Gasteiger partial charge on any atom is -0.314 e. The third kappa shape index (κ3) is 2.84. The van der Waals surface area contributed by atoms with E-state index < -0.39 is 0 Å². The van der Waals surface area contributed by atoms with Gasteiger partial charge in [0.1, 0.15) is 0 Å². The molecule has 2 atom stereocenters. The van der Waals surface area contributed by atoms with Crippen LogP contribution >= 0.6 is 0 Å². The summed E-state index contributed by atoms with van der Waals surface area (Å²) in [5.74, 6) is 0.724. The van der Waals surface area contributed by atoms with Crippen LogP contribution in [0.4, 0.5) is 0 Å². The molecule has 19 heavy (non-hydrogen) atoms. The maximum absolute atomic E-state index is 4.53. The van der Waals surface area contributed by atoms with Gasteiger partial charge in [0.2, 0.25) is 0 Å². The van der Waals surface area contributed by atoms with Gasteiger partial charge in [0, 0.05) is 37.4 Å². The molecule has 3 rings (SSSR count). The number of aromatic nitrogens is 2. The van der Waals surface area contributed by atoms with Crippen molar-refractivity contribution in [2.45, 2.75) is 44.7 Å². The SMILES string of the molecule is Cc1nn(C)cc1C1C(CNC2CC2)CCCN1C. The van der Waals surface area contributed by atoms with Crippen molar-refractivity contribution in [1.82, 2.24) is 20.0 Å². The van der Waals surface area contributed by atoms with Crippen LogP contribution in [0.2, 0.25) is 0 Å². The van der Waals surface area contributed by atoms with E-state index in [0.29, 0.717) is 6.04 Å². The van der Waals surface area contributed by atoms with Gasteiger partial charge in [-0.2, -0.15) is 5.10 Å². The third-order valence-corrected chi connectivity index (χ3v) is 4.62. The van der Waals surface area contributed by atoms with Crippen LogP contribution in [-0.4, -0.2) is 40.9 Å². The molecular formula is C15H26N4. The normalized spacial score (nSPS) is 28.8. The summed E-state index contributed by atoms with van der Waals surface area (Å²) in [6.45, 7) is 4.51. The Balaban J connectivity index is 1.77. The lowest BCUT2D eigenvalue weighted by atomic mass is 9.85. The fraction of sp³-hybridized carbons (Fsp3) is 0.800. The van der Waals surface area contributed by atoms with Gasteiger partial charge in [-0.15, -0.1) is 0 Å². The van der Waals surface area contributed by atoms with Crippen molar-refractivity contribution in [2.24, 2.45) is 13.0 Å². The maximum Gasteiger partial charge on any atom is 0.0641 e. The van der Waals surface area contributed by atoms with Crippen LogP contribution in [0.5, 0.6) is 0 Å². The lowest BCUT2D eigenvalue weighted by Gasteiger charge is -2.39. The number of nitrogens with zero attached hydrogens (tertiary/aromatic N) is 3. The molecule has 1 saturated heterocycles. The predicted octanol–water partition coefficient (Wildman–Crippen LogP) is 1.86. The second-order valence-corrected chi connectivity index (χ2v) is 6.35. The van der Waals surface area contributed by atoms with Gasteiger partial charge in [0.25, 0.3) is 0 Å². The van der Waals surface area contributed by atoms with E-state index in [4.69, 9.17) is 0 Å². The van der Waals surface area contributed by atoms with Gasteiger partial charge >= 0.3 is 0 Å². The molecule has 1 aliphatic carbocycles. The van der Waals surface area contributed by atoms with Crippen LogP contribution < -0.4 is 5.32 Å². The minimum absolute atomic E-state index is 0.536. The van der Waals surface area contributed by atoms with Gasteiger partial charge in [0.05, 0.1) is 5.69 Å². The van der Waals surface area contributed by atoms with Gasteiger partial charge in [-0.05, 0) is 52.1 Å². The average molecular weight is 262 g/mol. The van der Waals surface area contributed by atoms with Crippen LogP contribution in [0, 0.1) is 12.8 Å². The Bertz CT molecular complexity index is 435. The van der Waals surface area contributed by atoms with Crippen molar-refractivity contribution < 1.29 is 0 Å². The predicted molar refractivity (Wildman–Crippen MR) is 77.1 cm³/mol. The molecule has 0 amide bonds. The van der Waals surface area contributed by atoms with Crippen molar-refractivity contribution in [2.75, 3.05) is 20.1 Å². The molecule has 0 bridgehead atoms. The molecule has 1 saturated carbocycles. The first-order chi connectivity index (χ1) is 9.15. The molecule has 1 aromatic rings. The molecule has 2 fully saturated rings. The van der Waals surface area contributed by atoms with E-state index in [2.05, 4.69) is 35.5 Å². The standard InChI is InChI=1S/C15H26N4/c1-11-14(10-19(3)17-11)15-12(5-4-8-18(15)2)9-16-13-6-7-13/h10,12-13,15-16H,4-9H2,1-3H3. The van der Waals surface area contributed by atoms with Crippen LogP contribution in [0.3, 0.4) is 0 Å². The van der Waals surface area contributed by atoms with E-state index >= 15 is 0 Å². The Morgan fingerprint density at radius 2 is 2.11 bits per heavy atom. The molecule has 0 radical (unpaired) electrons. The Hall–Kier alpha value is -0.870. The fourth-order valence-corrected chi connectivity index (χ4v) is 3.48. The number of rotatable bonds is 4. The molecule has 0 spiro atoms. The van der Waals surface area contributed by atoms with E-state index in [-0.39, 0.29) is 0 Å². The van der Waals surface area contributed by atoms with Gasteiger partial charge in [-0.1, -0.05) is 0 Å². The molecule has 0 aromatic carbocycles. The molecular weight excluding hydrogens is 236 g/mol. The first-order valence-electron chi connectivity index (χ1n) is 7.59. The molecule has 2 heterocycles. The summed E-state index contributed by atoms with van der Waals surface area (Å²) in [6.07, 6.45) is 7.62. The zero-order chi connectivity index (χ0) is 13.4. The topological polar surface area (TPSA) is 33.1 Å². The molecule has 2 aliphatic rings. The highest BCUT2D eigenvalue weighted by molar-refractivity contribution is 5.22. The van der Waals surface area contributed by atoms with Gasteiger partial charge in [0.15, 0.2) is 0 Å². The molecule has 4 nitrogen and oxygen atoms in total. The highest BCUT2D eigenvalue weighted by atomic mass is 15.3. The minimum atomic E-state index is 0.536. The summed E-state index contributed by atoms with van der Waals surface area (Å²) in [5.41, 5.74) is 2.62. The summed E-state index contributed by atoms with van der Waals surface area (Å²) in [7, 11) is 4.29. The number of hydrogen-bond donors (Lipinski definition) is 1. The molecule has 1 aliphatic heterocycles. The summed E-state index contributed by atoms with van der Waals surface area (Å²) < 4.78 is 1.96. The lowest BCUT2D eigenvalue weighted by molar-refractivity contribution is 0.119. The van der Waals surface area contributed by atoms with Gasteiger partial charge in [-0.25, -0.2) is 0 Å². The highest BCUT2D eigenvalue weighted by Gasteiger charge is 2.33. The number of hydrogen-bond acceptors (Lipinski definition) is 3. The van der Waals surface area contributed by atoms with Gasteiger partial charge < -0.3 is 5.32 Å². The van der Waals surface area contributed by atoms with Crippen molar-refractivity contribution in [3.63, 3.8) is 0 Å². The van der Waals surface area contributed by atoms with E-state index in [9.17, 15) is 0 Å². The number of piperidine rings is 1. The summed E-state index contributed by atoms with van der Waals surface area (Å²) in [6, 6.07) is 1.34. The average Bonchev–Trinajstić information content (AvgIpc) is 3.12. The number of aryl methyl sites for hydroxylation is 2. The first-order valence-corrected chi connectivity index (χ1v) is 7.59. The molecule has 1 N–H and O–H groups in total. The first kappa shape index (κ1) is 13.1. The van der Waals surface area contributed by atoms with E-state index in [1.54, 1.807) is 0 Å². The van der Waals surface area contributed by atoms with Crippen LogP contribution in [-0.2, 0) is 7.05 Å². The third-order valence-electron chi connectivity index (χ3n) is 4.62. The van der Waals surface area contributed by atoms with Gasteiger partial charge in [-0.3, -0.25) is 9.58 Å². The Morgan fingerprint density at radius 3 is 2.74 bits per heavy atom.